The van der Waals surface area contributed by atoms with Gasteiger partial charge < -0.3 is 15.7 Å². The fraction of sp³-hybridized carbons (Fsp3) is 0.143. The van der Waals surface area contributed by atoms with Crippen molar-refractivity contribution >= 4 is 17.7 Å². The van der Waals surface area contributed by atoms with Crippen molar-refractivity contribution in [1.29, 1.82) is 0 Å². The number of aliphatic carboxylic acids is 1. The quantitative estimate of drug-likeness (QED) is 0.403. The number of nitrogens with zero attached hydrogens (tertiary/aromatic N) is 2. The number of anilines is 1. The Labute approximate surface area is 196 Å². The van der Waals surface area contributed by atoms with Crippen LogP contribution in [-0.2, 0) is 11.0 Å². The Kier molecular flexibility index (Phi) is 8.86. The highest BCUT2D eigenvalue weighted by Crippen LogP contribution is 2.34. The zero-order valence-electron chi connectivity index (χ0n) is 17.5. The number of carbonyl (C=O) groups excluding carboxylic acids is 1. The molecule has 0 spiro atoms. The van der Waals surface area contributed by atoms with Gasteiger partial charge in [-0.1, -0.05) is 6.07 Å². The van der Waals surface area contributed by atoms with E-state index in [1.165, 1.54) is 30.7 Å². The van der Waals surface area contributed by atoms with Crippen molar-refractivity contribution in [3.8, 4) is 0 Å². The summed E-state index contributed by atoms with van der Waals surface area (Å²) in [5.74, 6) is -5.09. The summed E-state index contributed by atoms with van der Waals surface area (Å²) in [6, 6.07) is 5.31. The van der Waals surface area contributed by atoms with Gasteiger partial charge in [-0.05, 0) is 42.0 Å². The van der Waals surface area contributed by atoms with E-state index in [2.05, 4.69) is 20.6 Å². The molecule has 0 saturated carbocycles. The summed E-state index contributed by atoms with van der Waals surface area (Å²) >= 11 is 0. The van der Waals surface area contributed by atoms with Gasteiger partial charge in [0.2, 0.25) is 0 Å². The fourth-order valence-corrected chi connectivity index (χ4v) is 2.59. The number of hydrogen-bond acceptors (Lipinski definition) is 4. The molecule has 0 aliphatic heterocycles. The summed E-state index contributed by atoms with van der Waals surface area (Å²) in [6.45, 7) is 0. The third-order valence-corrected chi connectivity index (χ3v) is 4.13. The standard InChI is InChI=1S/C19H13F5N4O.C2HF3O2/c20-14-6-5-11(9-13(14)19(22,23)24)16(17-15(21)4-2-8-26-17)28-18(29)27-12-3-1-7-25-10-12;3-2(4,5)1(6)7/h1-10,16H,(H2,27,28,29);(H,6,7). The zero-order valence-corrected chi connectivity index (χ0v) is 17.5. The third kappa shape index (κ3) is 7.89. The maximum absolute atomic E-state index is 14.3. The van der Waals surface area contributed by atoms with Crippen molar-refractivity contribution in [1.82, 2.24) is 15.3 Å². The van der Waals surface area contributed by atoms with E-state index in [0.29, 0.717) is 17.8 Å². The Balaban J connectivity index is 0.000000572. The van der Waals surface area contributed by atoms with Crippen LogP contribution in [0.2, 0.25) is 0 Å². The van der Waals surface area contributed by atoms with Crippen LogP contribution in [0.1, 0.15) is 22.9 Å². The number of aromatic nitrogens is 2. The van der Waals surface area contributed by atoms with Crippen LogP contribution in [0.3, 0.4) is 0 Å². The number of rotatable bonds is 4. The lowest BCUT2D eigenvalue weighted by atomic mass is 9.99. The molecule has 1 aromatic carbocycles. The second-order valence-corrected chi connectivity index (χ2v) is 6.68. The molecule has 3 aromatic rings. The van der Waals surface area contributed by atoms with Crippen LogP contribution >= 0.6 is 0 Å². The van der Waals surface area contributed by atoms with Crippen molar-refractivity contribution in [2.24, 2.45) is 0 Å². The number of alkyl halides is 6. The van der Waals surface area contributed by atoms with Gasteiger partial charge >= 0.3 is 24.4 Å². The van der Waals surface area contributed by atoms with Crippen LogP contribution in [0.4, 0.5) is 45.6 Å². The van der Waals surface area contributed by atoms with Gasteiger partial charge in [0, 0.05) is 12.4 Å². The summed E-state index contributed by atoms with van der Waals surface area (Å²) in [5.41, 5.74) is -1.75. The highest BCUT2D eigenvalue weighted by atomic mass is 19.4. The lowest BCUT2D eigenvalue weighted by molar-refractivity contribution is -0.192. The molecule has 0 saturated heterocycles. The van der Waals surface area contributed by atoms with Crippen molar-refractivity contribution in [3.05, 3.63) is 89.5 Å². The normalized spacial score (nSPS) is 12.1. The SMILES string of the molecule is O=C(Nc1cccnc1)NC(c1ccc(F)c(C(F)(F)F)c1)c1ncccc1F.O=C(O)C(F)(F)F. The second-order valence-electron chi connectivity index (χ2n) is 6.68. The average Bonchev–Trinajstić information content (AvgIpc) is 2.78. The molecule has 1 atom stereocenters. The summed E-state index contributed by atoms with van der Waals surface area (Å²) in [5, 5.41) is 11.9. The first-order chi connectivity index (χ1) is 16.7. The van der Waals surface area contributed by atoms with E-state index in [4.69, 9.17) is 9.90 Å². The largest absolute Gasteiger partial charge is 0.490 e. The Morgan fingerprint density at radius 3 is 2.08 bits per heavy atom. The molecule has 1 unspecified atom stereocenters. The van der Waals surface area contributed by atoms with Crippen LogP contribution in [0, 0.1) is 11.6 Å². The molecule has 15 heteroatoms. The van der Waals surface area contributed by atoms with Crippen molar-refractivity contribution in [3.63, 3.8) is 0 Å². The van der Waals surface area contributed by atoms with Gasteiger partial charge in [0.25, 0.3) is 0 Å². The Morgan fingerprint density at radius 1 is 0.917 bits per heavy atom. The van der Waals surface area contributed by atoms with Gasteiger partial charge in [0.1, 0.15) is 23.4 Å². The third-order valence-electron chi connectivity index (χ3n) is 4.13. The van der Waals surface area contributed by atoms with Gasteiger partial charge in [-0.3, -0.25) is 9.97 Å². The van der Waals surface area contributed by atoms with Gasteiger partial charge in [-0.15, -0.1) is 0 Å². The average molecular weight is 522 g/mol. The second kappa shape index (κ2) is 11.4. The number of amides is 2. The van der Waals surface area contributed by atoms with E-state index < -0.39 is 47.6 Å². The van der Waals surface area contributed by atoms with Gasteiger partial charge in [-0.2, -0.15) is 26.3 Å². The number of pyridine rings is 2. The molecule has 36 heavy (non-hydrogen) atoms. The maximum atomic E-state index is 14.3. The predicted molar refractivity (Wildman–Crippen MR) is 108 cm³/mol. The molecular formula is C21H14F8N4O3. The molecule has 2 amide bonds. The number of carboxylic acid groups (broad SMARTS) is 1. The van der Waals surface area contributed by atoms with E-state index >= 15 is 0 Å². The van der Waals surface area contributed by atoms with Crippen LogP contribution in [0.25, 0.3) is 0 Å². The first-order valence-corrected chi connectivity index (χ1v) is 9.45. The number of urea groups is 1. The summed E-state index contributed by atoms with van der Waals surface area (Å²) in [7, 11) is 0. The van der Waals surface area contributed by atoms with Crippen LogP contribution in [-0.4, -0.2) is 33.3 Å². The Hall–Kier alpha value is -4.30. The molecule has 7 nitrogen and oxygen atoms in total. The van der Waals surface area contributed by atoms with E-state index in [1.807, 2.05) is 0 Å². The zero-order chi connectivity index (χ0) is 27.1. The number of carboxylic acids is 1. The number of carbonyl (C=O) groups is 2. The summed E-state index contributed by atoms with van der Waals surface area (Å²) in [4.78, 5) is 28.9. The van der Waals surface area contributed by atoms with E-state index in [0.717, 1.165) is 12.1 Å². The number of halogens is 8. The minimum atomic E-state index is -5.08. The molecular weight excluding hydrogens is 508 g/mol. The predicted octanol–water partition coefficient (Wildman–Crippen LogP) is 5.32. The monoisotopic (exact) mass is 522 g/mol. The summed E-state index contributed by atoms with van der Waals surface area (Å²) < 4.78 is 98.9. The number of benzene rings is 1. The minimum Gasteiger partial charge on any atom is -0.475 e. The highest BCUT2D eigenvalue weighted by Gasteiger charge is 2.38. The first-order valence-electron chi connectivity index (χ1n) is 9.45. The molecule has 3 N–H and O–H groups in total. The van der Waals surface area contributed by atoms with E-state index in [1.54, 1.807) is 6.07 Å². The maximum Gasteiger partial charge on any atom is 0.490 e. The Morgan fingerprint density at radius 2 is 1.56 bits per heavy atom. The minimum absolute atomic E-state index is 0.197. The fourth-order valence-electron chi connectivity index (χ4n) is 2.59. The van der Waals surface area contributed by atoms with Gasteiger partial charge in [-0.25, -0.2) is 18.4 Å². The van der Waals surface area contributed by atoms with E-state index in [-0.39, 0.29) is 11.3 Å². The molecule has 0 bridgehead atoms. The van der Waals surface area contributed by atoms with Crippen molar-refractivity contribution in [2.45, 2.75) is 18.4 Å². The molecule has 0 aliphatic carbocycles. The van der Waals surface area contributed by atoms with E-state index in [9.17, 15) is 39.9 Å². The molecule has 2 aromatic heterocycles. The summed E-state index contributed by atoms with van der Waals surface area (Å²) in [6.07, 6.45) is -6.01. The molecule has 0 aliphatic rings. The molecule has 192 valence electrons. The first kappa shape index (κ1) is 27.9. The number of hydrogen-bond donors (Lipinski definition) is 3. The van der Waals surface area contributed by atoms with Gasteiger partial charge in [0.15, 0.2) is 0 Å². The van der Waals surface area contributed by atoms with Crippen LogP contribution < -0.4 is 10.6 Å². The lowest BCUT2D eigenvalue weighted by Gasteiger charge is -2.21. The molecule has 3 rings (SSSR count). The molecule has 2 heterocycles. The molecule has 0 radical (unpaired) electrons. The number of nitrogens with one attached hydrogen (secondary N) is 2. The Bertz CT molecular complexity index is 1200. The molecule has 0 fully saturated rings. The van der Waals surface area contributed by atoms with Crippen LogP contribution in [0.5, 0.6) is 0 Å². The topological polar surface area (TPSA) is 104 Å². The van der Waals surface area contributed by atoms with Crippen molar-refractivity contribution < 1.29 is 49.8 Å². The smallest absolute Gasteiger partial charge is 0.475 e. The van der Waals surface area contributed by atoms with Crippen LogP contribution in [0.15, 0.2) is 61.1 Å². The highest BCUT2D eigenvalue weighted by molar-refractivity contribution is 5.89. The lowest BCUT2D eigenvalue weighted by Crippen LogP contribution is -2.34. The van der Waals surface area contributed by atoms with Gasteiger partial charge in [0.05, 0.1) is 17.4 Å². The van der Waals surface area contributed by atoms with Crippen molar-refractivity contribution in [2.75, 3.05) is 5.32 Å².